The van der Waals surface area contributed by atoms with Gasteiger partial charge < -0.3 is 9.80 Å². The monoisotopic (exact) mass is 405 g/mol. The van der Waals surface area contributed by atoms with Gasteiger partial charge in [0.2, 0.25) is 11.8 Å². The van der Waals surface area contributed by atoms with Crippen molar-refractivity contribution in [2.75, 3.05) is 19.6 Å². The maximum atomic E-state index is 13.0. The molecule has 30 heavy (non-hydrogen) atoms. The number of benzene rings is 1. The Balaban J connectivity index is 1.33. The number of rotatable bonds is 5. The molecule has 4 rings (SSSR count). The Morgan fingerprint density at radius 2 is 1.93 bits per heavy atom. The Hall–Kier alpha value is -2.69. The minimum Gasteiger partial charge on any atom is -0.342 e. The second kappa shape index (κ2) is 9.41. The molecule has 2 aromatic rings. The molecule has 2 atom stereocenters. The molecule has 2 saturated heterocycles. The molecule has 0 saturated carbocycles. The summed E-state index contributed by atoms with van der Waals surface area (Å²) >= 11 is 0. The normalized spacial score (nSPS) is 21.2. The number of hydrogen-bond acceptors (Lipinski definition) is 3. The molecule has 0 aliphatic carbocycles. The van der Waals surface area contributed by atoms with Crippen molar-refractivity contribution in [3.8, 4) is 0 Å². The topological polar surface area (TPSA) is 53.5 Å². The van der Waals surface area contributed by atoms with E-state index in [9.17, 15) is 9.59 Å². The minimum absolute atomic E-state index is 0.223. The summed E-state index contributed by atoms with van der Waals surface area (Å²) < 4.78 is 0. The van der Waals surface area contributed by atoms with Gasteiger partial charge in [0.1, 0.15) is 0 Å². The molecular formula is C25H31N3O2. The number of aryl methyl sites for hydroxylation is 2. The fourth-order valence-electron chi connectivity index (χ4n) is 4.99. The lowest BCUT2D eigenvalue weighted by Gasteiger charge is -2.47. The molecule has 5 nitrogen and oxygen atoms in total. The van der Waals surface area contributed by atoms with Crippen LogP contribution in [0, 0.1) is 12.8 Å². The van der Waals surface area contributed by atoms with Crippen molar-refractivity contribution in [3.63, 3.8) is 0 Å². The Labute approximate surface area is 179 Å². The number of aromatic nitrogens is 1. The van der Waals surface area contributed by atoms with Crippen molar-refractivity contribution in [2.24, 2.45) is 5.92 Å². The Morgan fingerprint density at radius 1 is 1.07 bits per heavy atom. The second-order valence-corrected chi connectivity index (χ2v) is 8.71. The van der Waals surface area contributed by atoms with Crippen LogP contribution in [0.3, 0.4) is 0 Å². The van der Waals surface area contributed by atoms with Gasteiger partial charge in [-0.3, -0.25) is 14.6 Å². The molecule has 158 valence electrons. The first-order chi connectivity index (χ1) is 14.6. The standard InChI is InChI=1S/C25H31N3O2/c1-19-5-2-6-21(15-19)16-25(30)28-13-4-8-22-18-27(14-11-23(22)28)24(29)10-9-20-7-3-12-26-17-20/h2-3,5-7,12,15,17,22-23H,4,8-11,13-14,16,18H2,1H3/t22-,23+/m1/s1. The van der Waals surface area contributed by atoms with Gasteiger partial charge in [-0.2, -0.15) is 0 Å². The summed E-state index contributed by atoms with van der Waals surface area (Å²) in [5, 5.41) is 0. The van der Waals surface area contributed by atoms with Crippen molar-refractivity contribution in [3.05, 3.63) is 65.5 Å². The summed E-state index contributed by atoms with van der Waals surface area (Å²) in [4.78, 5) is 34.1. The van der Waals surface area contributed by atoms with E-state index in [4.69, 9.17) is 0 Å². The third-order valence-electron chi connectivity index (χ3n) is 6.53. The Bertz CT molecular complexity index is 883. The molecule has 1 aromatic heterocycles. The lowest BCUT2D eigenvalue weighted by Crippen LogP contribution is -2.57. The van der Waals surface area contributed by atoms with Crippen molar-refractivity contribution in [2.45, 2.75) is 51.5 Å². The summed E-state index contributed by atoms with van der Waals surface area (Å²) in [6.07, 6.45) is 8.34. The van der Waals surface area contributed by atoms with E-state index in [1.54, 1.807) is 6.20 Å². The van der Waals surface area contributed by atoms with Crippen LogP contribution in [0.4, 0.5) is 0 Å². The van der Waals surface area contributed by atoms with Crippen LogP contribution in [0.1, 0.15) is 42.4 Å². The van der Waals surface area contributed by atoms with Gasteiger partial charge in [-0.25, -0.2) is 0 Å². The predicted octanol–water partition coefficient (Wildman–Crippen LogP) is 3.40. The van der Waals surface area contributed by atoms with E-state index in [0.717, 1.165) is 56.4 Å². The highest BCUT2D eigenvalue weighted by atomic mass is 16.2. The van der Waals surface area contributed by atoms with Crippen LogP contribution < -0.4 is 0 Å². The highest BCUT2D eigenvalue weighted by Gasteiger charge is 2.38. The fraction of sp³-hybridized carbons (Fsp3) is 0.480. The van der Waals surface area contributed by atoms with E-state index in [1.165, 1.54) is 5.56 Å². The molecular weight excluding hydrogens is 374 g/mol. The van der Waals surface area contributed by atoms with Gasteiger partial charge >= 0.3 is 0 Å². The minimum atomic E-state index is 0.223. The smallest absolute Gasteiger partial charge is 0.227 e. The Morgan fingerprint density at radius 3 is 2.73 bits per heavy atom. The molecule has 5 heteroatoms. The van der Waals surface area contributed by atoms with Gasteiger partial charge in [-0.1, -0.05) is 35.9 Å². The number of fused-ring (bicyclic) bond motifs is 1. The molecule has 2 aliphatic heterocycles. The zero-order valence-electron chi connectivity index (χ0n) is 17.8. The number of nitrogens with zero attached hydrogens (tertiary/aromatic N) is 3. The average Bonchev–Trinajstić information content (AvgIpc) is 2.77. The first-order valence-electron chi connectivity index (χ1n) is 11.1. The maximum Gasteiger partial charge on any atom is 0.227 e. The maximum absolute atomic E-state index is 13.0. The molecule has 0 unspecified atom stereocenters. The largest absolute Gasteiger partial charge is 0.342 e. The SMILES string of the molecule is Cc1cccc(CC(=O)N2CCC[C@@H]3CN(C(=O)CCc4cccnc4)CC[C@@H]32)c1. The summed E-state index contributed by atoms with van der Waals surface area (Å²) in [6.45, 7) is 4.44. The summed E-state index contributed by atoms with van der Waals surface area (Å²) in [6, 6.07) is 12.4. The van der Waals surface area contributed by atoms with Gasteiger partial charge in [0, 0.05) is 44.5 Å². The van der Waals surface area contributed by atoms with Gasteiger partial charge in [-0.05, 0) is 55.7 Å². The van der Waals surface area contributed by atoms with E-state index < -0.39 is 0 Å². The fourth-order valence-corrected chi connectivity index (χ4v) is 4.99. The quantitative estimate of drug-likeness (QED) is 0.766. The van der Waals surface area contributed by atoms with Crippen LogP contribution in [0.25, 0.3) is 0 Å². The highest BCUT2D eigenvalue weighted by molar-refractivity contribution is 5.79. The van der Waals surface area contributed by atoms with Crippen molar-refractivity contribution in [1.82, 2.24) is 14.8 Å². The molecule has 2 fully saturated rings. The number of carbonyl (C=O) groups excluding carboxylic acids is 2. The number of likely N-dealkylation sites (tertiary alicyclic amines) is 2. The van der Waals surface area contributed by atoms with E-state index >= 15 is 0 Å². The molecule has 0 radical (unpaired) electrons. The molecule has 2 aliphatic rings. The van der Waals surface area contributed by atoms with Gasteiger partial charge in [0.25, 0.3) is 0 Å². The number of amides is 2. The zero-order chi connectivity index (χ0) is 20.9. The van der Waals surface area contributed by atoms with Gasteiger partial charge in [0.05, 0.1) is 6.42 Å². The number of hydrogen-bond donors (Lipinski definition) is 0. The molecule has 0 bridgehead atoms. The van der Waals surface area contributed by atoms with Crippen molar-refractivity contribution in [1.29, 1.82) is 0 Å². The molecule has 0 N–H and O–H groups in total. The first kappa shape index (κ1) is 20.6. The predicted molar refractivity (Wildman–Crippen MR) is 117 cm³/mol. The van der Waals surface area contributed by atoms with Crippen LogP contribution in [0.15, 0.2) is 48.8 Å². The third kappa shape index (κ3) is 4.89. The van der Waals surface area contributed by atoms with Crippen LogP contribution >= 0.6 is 0 Å². The molecule has 2 amide bonds. The Kier molecular flexibility index (Phi) is 6.46. The zero-order valence-corrected chi connectivity index (χ0v) is 17.8. The van der Waals surface area contributed by atoms with E-state index in [1.807, 2.05) is 35.4 Å². The first-order valence-corrected chi connectivity index (χ1v) is 11.1. The molecule has 1 aromatic carbocycles. The van der Waals surface area contributed by atoms with Gasteiger partial charge in [0.15, 0.2) is 0 Å². The summed E-state index contributed by atoms with van der Waals surface area (Å²) in [5.41, 5.74) is 3.38. The lowest BCUT2D eigenvalue weighted by atomic mass is 9.83. The number of pyridine rings is 1. The highest BCUT2D eigenvalue weighted by Crippen LogP contribution is 2.31. The number of piperidine rings is 2. The van der Waals surface area contributed by atoms with E-state index in [2.05, 4.69) is 28.9 Å². The summed E-state index contributed by atoms with van der Waals surface area (Å²) in [5.74, 6) is 0.850. The van der Waals surface area contributed by atoms with Crippen LogP contribution in [-0.4, -0.2) is 52.3 Å². The second-order valence-electron chi connectivity index (χ2n) is 8.71. The van der Waals surface area contributed by atoms with E-state index in [-0.39, 0.29) is 17.9 Å². The van der Waals surface area contributed by atoms with Crippen LogP contribution in [-0.2, 0) is 22.4 Å². The number of carbonyl (C=O) groups is 2. The van der Waals surface area contributed by atoms with Crippen molar-refractivity contribution < 1.29 is 9.59 Å². The van der Waals surface area contributed by atoms with Gasteiger partial charge in [-0.15, -0.1) is 0 Å². The lowest BCUT2D eigenvalue weighted by molar-refractivity contribution is -0.141. The van der Waals surface area contributed by atoms with Crippen LogP contribution in [0.2, 0.25) is 0 Å². The summed E-state index contributed by atoms with van der Waals surface area (Å²) in [7, 11) is 0. The third-order valence-corrected chi connectivity index (χ3v) is 6.53. The van der Waals surface area contributed by atoms with E-state index in [0.29, 0.717) is 18.8 Å². The van der Waals surface area contributed by atoms with Crippen molar-refractivity contribution >= 4 is 11.8 Å². The van der Waals surface area contributed by atoms with Crippen LogP contribution in [0.5, 0.6) is 0 Å². The average molecular weight is 406 g/mol. The molecule has 3 heterocycles. The molecule has 0 spiro atoms.